The molecule has 5 rings (SSSR count). The molecule has 1 N–H and O–H groups in total. The van der Waals surface area contributed by atoms with Crippen LogP contribution in [0.1, 0.15) is 26.3 Å². The highest BCUT2D eigenvalue weighted by Crippen LogP contribution is 2.33. The molecule has 3 aliphatic rings. The summed E-state index contributed by atoms with van der Waals surface area (Å²) in [4.78, 5) is 38.6. The highest BCUT2D eigenvalue weighted by atomic mass is 35.5. The van der Waals surface area contributed by atoms with Crippen LogP contribution in [0.25, 0.3) is 0 Å². The topological polar surface area (TPSA) is 81.2 Å². The molecule has 36 heavy (non-hydrogen) atoms. The van der Waals surface area contributed by atoms with Crippen LogP contribution in [0, 0.1) is 0 Å². The first-order chi connectivity index (χ1) is 17.2. The Kier molecular flexibility index (Phi) is 6.70. The van der Waals surface area contributed by atoms with Gasteiger partial charge in [0.2, 0.25) is 5.91 Å². The molecular formula is C26H33ClN6O3. The number of carbonyl (C=O) groups excluding carboxylic acids is 2. The average Bonchev–Trinajstić information content (AvgIpc) is 2.84. The Bertz CT molecular complexity index is 1130. The first kappa shape index (κ1) is 24.6. The lowest BCUT2D eigenvalue weighted by molar-refractivity contribution is -0.118. The smallest absolute Gasteiger partial charge is 0.410 e. The molecular weight excluding hydrogens is 480 g/mol. The lowest BCUT2D eigenvalue weighted by Gasteiger charge is -2.44. The fourth-order valence-electron chi connectivity index (χ4n) is 4.95. The van der Waals surface area contributed by atoms with E-state index >= 15 is 0 Å². The van der Waals surface area contributed by atoms with E-state index in [0.717, 1.165) is 54.8 Å². The number of nitrogens with one attached hydrogen (secondary N) is 1. The van der Waals surface area contributed by atoms with E-state index in [1.807, 2.05) is 50.1 Å². The number of halogens is 1. The number of benzene rings is 1. The molecule has 10 heteroatoms. The maximum atomic E-state index is 13.0. The van der Waals surface area contributed by atoms with Gasteiger partial charge in [-0.25, -0.2) is 9.78 Å². The van der Waals surface area contributed by atoms with Crippen LogP contribution in [-0.2, 0) is 16.1 Å². The highest BCUT2D eigenvalue weighted by Gasteiger charge is 2.40. The van der Waals surface area contributed by atoms with Gasteiger partial charge >= 0.3 is 6.09 Å². The molecule has 2 aromatic rings. The van der Waals surface area contributed by atoms with Crippen LogP contribution in [-0.4, -0.2) is 84.2 Å². The molecule has 0 radical (unpaired) electrons. The van der Waals surface area contributed by atoms with Crippen LogP contribution in [0.15, 0.2) is 36.5 Å². The van der Waals surface area contributed by atoms with Crippen molar-refractivity contribution in [3.8, 4) is 0 Å². The van der Waals surface area contributed by atoms with Crippen molar-refractivity contribution in [2.24, 2.45) is 0 Å². The minimum Gasteiger partial charge on any atom is -0.444 e. The molecule has 1 atom stereocenters. The number of rotatable bonds is 3. The lowest BCUT2D eigenvalue weighted by atomic mass is 10.1. The third kappa shape index (κ3) is 5.37. The van der Waals surface area contributed by atoms with Gasteiger partial charge in [0, 0.05) is 62.7 Å². The van der Waals surface area contributed by atoms with Crippen molar-refractivity contribution in [2.75, 3.05) is 60.9 Å². The van der Waals surface area contributed by atoms with Gasteiger partial charge in [0.25, 0.3) is 0 Å². The van der Waals surface area contributed by atoms with E-state index in [4.69, 9.17) is 21.3 Å². The third-order valence-electron chi connectivity index (χ3n) is 6.76. The number of aromatic nitrogens is 1. The van der Waals surface area contributed by atoms with Crippen LogP contribution in [0.2, 0.25) is 5.02 Å². The zero-order valence-electron chi connectivity index (χ0n) is 21.0. The molecule has 9 nitrogen and oxygen atoms in total. The van der Waals surface area contributed by atoms with E-state index in [-0.39, 0.29) is 18.5 Å². The first-order valence-corrected chi connectivity index (χ1v) is 12.8. The molecule has 2 saturated heterocycles. The number of nitrogens with zero attached hydrogens (tertiary/aromatic N) is 5. The summed E-state index contributed by atoms with van der Waals surface area (Å²) in [6, 6.07) is 9.54. The van der Waals surface area contributed by atoms with Crippen LogP contribution < -0.4 is 15.1 Å². The number of ether oxygens (including phenoxy) is 1. The predicted octanol–water partition coefficient (Wildman–Crippen LogP) is 3.44. The summed E-state index contributed by atoms with van der Waals surface area (Å²) >= 11 is 6.02. The van der Waals surface area contributed by atoms with Crippen molar-refractivity contribution in [3.05, 3.63) is 47.1 Å². The summed E-state index contributed by atoms with van der Waals surface area (Å²) in [6.07, 6.45) is 1.51. The fraction of sp³-hybridized carbons (Fsp3) is 0.500. The second kappa shape index (κ2) is 9.78. The predicted molar refractivity (Wildman–Crippen MR) is 141 cm³/mol. The number of hydrogen-bond donors (Lipinski definition) is 1. The second-order valence-electron chi connectivity index (χ2n) is 10.6. The van der Waals surface area contributed by atoms with Crippen LogP contribution in [0.5, 0.6) is 0 Å². The number of fused-ring (bicyclic) bond motifs is 3. The number of piperazine rings is 2. The summed E-state index contributed by atoms with van der Waals surface area (Å²) in [5, 5.41) is 3.77. The number of carbonyl (C=O) groups is 2. The van der Waals surface area contributed by atoms with Gasteiger partial charge in [-0.05, 0) is 56.7 Å². The number of hydrogen-bond acceptors (Lipinski definition) is 7. The van der Waals surface area contributed by atoms with Crippen molar-refractivity contribution in [1.82, 2.24) is 14.8 Å². The number of amides is 2. The molecule has 192 valence electrons. The van der Waals surface area contributed by atoms with Gasteiger partial charge in [-0.15, -0.1) is 0 Å². The van der Waals surface area contributed by atoms with Crippen molar-refractivity contribution in [1.29, 1.82) is 0 Å². The van der Waals surface area contributed by atoms with Crippen molar-refractivity contribution >= 4 is 40.8 Å². The maximum Gasteiger partial charge on any atom is 0.410 e. The Hall–Kier alpha value is -3.04. The monoisotopic (exact) mass is 512 g/mol. The maximum absolute atomic E-state index is 13.0. The molecule has 4 heterocycles. The van der Waals surface area contributed by atoms with Gasteiger partial charge in [0.1, 0.15) is 11.6 Å². The Morgan fingerprint density at radius 1 is 1.11 bits per heavy atom. The van der Waals surface area contributed by atoms with Crippen molar-refractivity contribution < 1.29 is 14.3 Å². The first-order valence-electron chi connectivity index (χ1n) is 12.4. The van der Waals surface area contributed by atoms with Gasteiger partial charge in [-0.2, -0.15) is 0 Å². The van der Waals surface area contributed by atoms with Gasteiger partial charge in [0.15, 0.2) is 5.82 Å². The minimum atomic E-state index is -0.573. The van der Waals surface area contributed by atoms with Gasteiger partial charge < -0.3 is 24.8 Å². The van der Waals surface area contributed by atoms with E-state index in [9.17, 15) is 9.59 Å². The van der Waals surface area contributed by atoms with Crippen LogP contribution >= 0.6 is 11.6 Å². The van der Waals surface area contributed by atoms with Gasteiger partial charge in [-0.3, -0.25) is 9.69 Å². The largest absolute Gasteiger partial charge is 0.444 e. The molecule has 1 unspecified atom stereocenters. The second-order valence-corrected chi connectivity index (χ2v) is 11.0. The van der Waals surface area contributed by atoms with Crippen molar-refractivity contribution in [3.63, 3.8) is 0 Å². The molecule has 1 aromatic carbocycles. The Labute approximate surface area is 216 Å². The molecule has 3 aliphatic heterocycles. The molecule has 0 aliphatic carbocycles. The van der Waals surface area contributed by atoms with Gasteiger partial charge in [0.05, 0.1) is 12.2 Å². The Balaban J connectivity index is 1.20. The normalized spacial score (nSPS) is 20.5. The zero-order chi connectivity index (χ0) is 25.4. The highest BCUT2D eigenvalue weighted by molar-refractivity contribution is 6.30. The van der Waals surface area contributed by atoms with E-state index in [0.29, 0.717) is 13.1 Å². The quantitative estimate of drug-likeness (QED) is 0.674. The third-order valence-corrected chi connectivity index (χ3v) is 7.01. The molecule has 0 spiro atoms. The summed E-state index contributed by atoms with van der Waals surface area (Å²) in [5.74, 6) is 0.644. The zero-order valence-corrected chi connectivity index (χ0v) is 21.8. The summed E-state index contributed by atoms with van der Waals surface area (Å²) in [7, 11) is 0. The van der Waals surface area contributed by atoms with Crippen LogP contribution in [0.3, 0.4) is 0 Å². The standard InChI is InChI=1S/C26H33ClN6O3/c1-26(2,3)36-25(35)32-12-13-33-22(17-32)24(34)29-21-14-18(15-28-23(21)33)16-30-8-10-31(11-9-30)20-6-4-19(27)5-7-20/h4-7,14-15,22H,8-13,16-17H2,1-3H3,(H,29,34). The van der Waals surface area contributed by atoms with Crippen molar-refractivity contribution in [2.45, 2.75) is 39.0 Å². The molecule has 0 bridgehead atoms. The van der Waals surface area contributed by atoms with E-state index in [2.05, 4.69) is 27.2 Å². The summed E-state index contributed by atoms with van der Waals surface area (Å²) in [5.41, 5.74) is 2.42. The average molecular weight is 513 g/mol. The molecule has 0 saturated carbocycles. The van der Waals surface area contributed by atoms with Crippen LogP contribution in [0.4, 0.5) is 22.0 Å². The van der Waals surface area contributed by atoms with E-state index in [1.54, 1.807) is 4.90 Å². The van der Waals surface area contributed by atoms with Gasteiger partial charge in [-0.1, -0.05) is 11.6 Å². The fourth-order valence-corrected chi connectivity index (χ4v) is 5.08. The summed E-state index contributed by atoms with van der Waals surface area (Å²) < 4.78 is 5.49. The van der Waals surface area contributed by atoms with E-state index in [1.165, 1.54) is 5.69 Å². The minimum absolute atomic E-state index is 0.119. The SMILES string of the molecule is CC(C)(C)OC(=O)N1CCN2c3ncc(CN4CCN(c5ccc(Cl)cc5)CC4)cc3NC(=O)C2C1. The van der Waals surface area contributed by atoms with E-state index < -0.39 is 11.6 Å². The molecule has 2 amide bonds. The Morgan fingerprint density at radius 2 is 1.83 bits per heavy atom. The number of anilines is 3. The summed E-state index contributed by atoms with van der Waals surface area (Å²) in [6.45, 7) is 11.4. The Morgan fingerprint density at radius 3 is 2.53 bits per heavy atom. The molecule has 1 aromatic heterocycles. The number of pyridine rings is 1. The lowest BCUT2D eigenvalue weighted by Crippen LogP contribution is -2.61. The molecule has 2 fully saturated rings.